The average molecular weight is 347 g/mol. The monoisotopic (exact) mass is 346 g/mol. The minimum Gasteiger partial charge on any atom is -0.341 e. The fourth-order valence-corrected chi connectivity index (χ4v) is 3.20. The molecule has 1 saturated carbocycles. The smallest absolute Gasteiger partial charge is 0.223 e. The van der Waals surface area contributed by atoms with Crippen LogP contribution in [0.2, 0.25) is 0 Å². The summed E-state index contributed by atoms with van der Waals surface area (Å²) in [7, 11) is 1.65. The van der Waals surface area contributed by atoms with E-state index in [9.17, 15) is 13.6 Å². The molecule has 23 heavy (non-hydrogen) atoms. The Morgan fingerprint density at radius 2 is 1.91 bits per heavy atom. The average Bonchev–Trinajstić information content (AvgIpc) is 2.51. The van der Waals surface area contributed by atoms with Crippen LogP contribution in [0.1, 0.15) is 44.1 Å². The zero-order valence-electron chi connectivity index (χ0n) is 13.5. The summed E-state index contributed by atoms with van der Waals surface area (Å²) in [6, 6.07) is 3.43. The Labute approximate surface area is 142 Å². The Balaban J connectivity index is 0.00000264. The maximum absolute atomic E-state index is 13.7. The van der Waals surface area contributed by atoms with E-state index in [0.29, 0.717) is 18.5 Å². The Morgan fingerprint density at radius 3 is 2.48 bits per heavy atom. The minimum absolute atomic E-state index is 0. The highest BCUT2D eigenvalue weighted by atomic mass is 35.5. The second-order valence-corrected chi connectivity index (χ2v) is 6.43. The van der Waals surface area contributed by atoms with Gasteiger partial charge in [0.15, 0.2) is 0 Å². The first-order valence-electron chi connectivity index (χ1n) is 7.84. The van der Waals surface area contributed by atoms with Crippen LogP contribution in [0, 0.1) is 17.0 Å². The number of carbonyl (C=O) groups excluding carboxylic acids is 1. The largest absolute Gasteiger partial charge is 0.341 e. The molecule has 1 aliphatic rings. The van der Waals surface area contributed by atoms with Crippen LogP contribution in [0.25, 0.3) is 0 Å². The molecule has 0 bridgehead atoms. The van der Waals surface area contributed by atoms with E-state index >= 15 is 0 Å². The summed E-state index contributed by atoms with van der Waals surface area (Å²) in [6.07, 6.45) is 5.79. The van der Waals surface area contributed by atoms with Crippen molar-refractivity contribution in [2.75, 3.05) is 13.6 Å². The number of benzene rings is 1. The van der Waals surface area contributed by atoms with Crippen LogP contribution in [-0.2, 0) is 11.3 Å². The standard InChI is InChI=1S/C17H24F2N2O.ClH/c1-21(11-13-5-6-14(18)9-15(13)19)16(22)10-17(12-20)7-3-2-4-8-17;/h5-6,9H,2-4,7-8,10-12,20H2,1H3;1H. The summed E-state index contributed by atoms with van der Waals surface area (Å²) in [4.78, 5) is 13.9. The molecule has 0 radical (unpaired) electrons. The molecule has 1 aromatic carbocycles. The number of amides is 1. The van der Waals surface area contributed by atoms with Gasteiger partial charge in [-0.15, -0.1) is 12.4 Å². The van der Waals surface area contributed by atoms with E-state index in [1.165, 1.54) is 23.5 Å². The van der Waals surface area contributed by atoms with Crippen LogP contribution < -0.4 is 5.73 Å². The van der Waals surface area contributed by atoms with Crippen LogP contribution in [0.3, 0.4) is 0 Å². The quantitative estimate of drug-likeness (QED) is 0.884. The number of nitrogens with zero attached hydrogens (tertiary/aromatic N) is 1. The van der Waals surface area contributed by atoms with Gasteiger partial charge < -0.3 is 10.6 Å². The van der Waals surface area contributed by atoms with Crippen LogP contribution in [0.5, 0.6) is 0 Å². The van der Waals surface area contributed by atoms with Crippen molar-refractivity contribution in [1.82, 2.24) is 4.90 Å². The summed E-state index contributed by atoms with van der Waals surface area (Å²) < 4.78 is 26.6. The third kappa shape index (κ3) is 5.15. The van der Waals surface area contributed by atoms with Gasteiger partial charge in [0.25, 0.3) is 0 Å². The van der Waals surface area contributed by atoms with Crippen LogP contribution in [-0.4, -0.2) is 24.4 Å². The maximum atomic E-state index is 13.7. The van der Waals surface area contributed by atoms with Gasteiger partial charge in [-0.05, 0) is 30.9 Å². The van der Waals surface area contributed by atoms with E-state index in [0.717, 1.165) is 31.7 Å². The molecule has 2 N–H and O–H groups in total. The predicted molar refractivity (Wildman–Crippen MR) is 89.3 cm³/mol. The van der Waals surface area contributed by atoms with Crippen molar-refractivity contribution in [3.63, 3.8) is 0 Å². The van der Waals surface area contributed by atoms with E-state index < -0.39 is 11.6 Å². The lowest BCUT2D eigenvalue weighted by Crippen LogP contribution is -2.39. The van der Waals surface area contributed by atoms with Gasteiger partial charge >= 0.3 is 0 Å². The van der Waals surface area contributed by atoms with Gasteiger partial charge in [0, 0.05) is 31.6 Å². The summed E-state index contributed by atoms with van der Waals surface area (Å²) in [5, 5.41) is 0. The SMILES string of the molecule is CN(Cc1ccc(F)cc1F)C(=O)CC1(CN)CCCCC1.Cl. The van der Waals surface area contributed by atoms with E-state index in [2.05, 4.69) is 0 Å². The molecule has 0 aromatic heterocycles. The lowest BCUT2D eigenvalue weighted by Gasteiger charge is -2.36. The maximum Gasteiger partial charge on any atom is 0.223 e. The summed E-state index contributed by atoms with van der Waals surface area (Å²) in [6.45, 7) is 0.656. The molecule has 1 fully saturated rings. The normalized spacial score (nSPS) is 16.5. The summed E-state index contributed by atoms with van der Waals surface area (Å²) >= 11 is 0. The molecule has 0 spiro atoms. The van der Waals surface area contributed by atoms with Crippen molar-refractivity contribution >= 4 is 18.3 Å². The number of rotatable bonds is 5. The van der Waals surface area contributed by atoms with Crippen molar-refractivity contribution in [2.24, 2.45) is 11.1 Å². The lowest BCUT2D eigenvalue weighted by molar-refractivity contribution is -0.133. The second-order valence-electron chi connectivity index (χ2n) is 6.43. The van der Waals surface area contributed by atoms with Crippen molar-refractivity contribution in [3.05, 3.63) is 35.4 Å². The summed E-state index contributed by atoms with van der Waals surface area (Å²) in [5.41, 5.74) is 6.12. The highest BCUT2D eigenvalue weighted by molar-refractivity contribution is 5.85. The van der Waals surface area contributed by atoms with Gasteiger partial charge in [0.05, 0.1) is 0 Å². The number of hydrogen-bond acceptors (Lipinski definition) is 2. The molecule has 130 valence electrons. The molecule has 1 aliphatic carbocycles. The fraction of sp³-hybridized carbons (Fsp3) is 0.588. The Morgan fingerprint density at radius 1 is 1.26 bits per heavy atom. The van der Waals surface area contributed by atoms with Crippen LogP contribution >= 0.6 is 12.4 Å². The third-order valence-electron chi connectivity index (χ3n) is 4.72. The number of hydrogen-bond donors (Lipinski definition) is 1. The molecule has 2 rings (SSSR count). The Hall–Kier alpha value is -1.20. The van der Waals surface area contributed by atoms with E-state index in [4.69, 9.17) is 5.73 Å². The lowest BCUT2D eigenvalue weighted by atomic mass is 9.71. The molecule has 0 unspecified atom stereocenters. The third-order valence-corrected chi connectivity index (χ3v) is 4.72. The van der Waals surface area contributed by atoms with Crippen LogP contribution in [0.4, 0.5) is 8.78 Å². The first kappa shape index (κ1) is 19.8. The van der Waals surface area contributed by atoms with E-state index in [-0.39, 0.29) is 30.3 Å². The molecule has 0 atom stereocenters. The first-order chi connectivity index (χ1) is 10.5. The second kappa shape index (κ2) is 8.60. The molecule has 6 heteroatoms. The van der Waals surface area contributed by atoms with Crippen molar-refractivity contribution in [3.8, 4) is 0 Å². The van der Waals surface area contributed by atoms with Crippen molar-refractivity contribution in [2.45, 2.75) is 45.1 Å². The summed E-state index contributed by atoms with van der Waals surface area (Å²) in [5.74, 6) is -1.26. The molecule has 1 aromatic rings. The van der Waals surface area contributed by atoms with Crippen molar-refractivity contribution < 1.29 is 13.6 Å². The molecule has 0 heterocycles. The van der Waals surface area contributed by atoms with Gasteiger partial charge in [-0.25, -0.2) is 8.78 Å². The number of carbonyl (C=O) groups is 1. The Kier molecular flexibility index (Phi) is 7.42. The molecule has 0 saturated heterocycles. The van der Waals surface area contributed by atoms with E-state index in [1.54, 1.807) is 7.05 Å². The zero-order valence-corrected chi connectivity index (χ0v) is 14.3. The highest BCUT2D eigenvalue weighted by Crippen LogP contribution is 2.38. The van der Waals surface area contributed by atoms with Gasteiger partial charge in [0.1, 0.15) is 11.6 Å². The molecule has 0 aliphatic heterocycles. The molecule has 1 amide bonds. The topological polar surface area (TPSA) is 46.3 Å². The first-order valence-corrected chi connectivity index (χ1v) is 7.84. The van der Waals surface area contributed by atoms with Gasteiger partial charge in [-0.3, -0.25) is 4.79 Å². The van der Waals surface area contributed by atoms with Gasteiger partial charge in [-0.2, -0.15) is 0 Å². The van der Waals surface area contributed by atoms with E-state index in [1.807, 2.05) is 0 Å². The highest BCUT2D eigenvalue weighted by Gasteiger charge is 2.33. The number of halogens is 3. The van der Waals surface area contributed by atoms with Crippen molar-refractivity contribution in [1.29, 1.82) is 0 Å². The predicted octanol–water partition coefficient (Wildman–Crippen LogP) is 3.64. The molecule has 3 nitrogen and oxygen atoms in total. The number of nitrogens with two attached hydrogens (primary N) is 1. The fourth-order valence-electron chi connectivity index (χ4n) is 3.20. The Bertz CT molecular complexity index is 533. The van der Waals surface area contributed by atoms with Gasteiger partial charge in [0.2, 0.25) is 5.91 Å². The van der Waals surface area contributed by atoms with Crippen LogP contribution in [0.15, 0.2) is 18.2 Å². The minimum atomic E-state index is -0.620. The molecular weight excluding hydrogens is 322 g/mol. The zero-order chi connectivity index (χ0) is 16.2. The molecular formula is C17H25ClF2N2O. The van der Waals surface area contributed by atoms with Gasteiger partial charge in [-0.1, -0.05) is 25.3 Å².